The number of benzene rings is 2. The molecule has 2 rings (SSSR count). The van der Waals surface area contributed by atoms with Crippen LogP contribution in [0.15, 0.2) is 58.3 Å². The molecule has 2 aromatic carbocycles. The highest BCUT2D eigenvalue weighted by Gasteiger charge is 2.17. The summed E-state index contributed by atoms with van der Waals surface area (Å²) >= 11 is 0. The number of carbonyl (C=O) groups is 1. The lowest BCUT2D eigenvalue weighted by Crippen LogP contribution is -2.02. The highest BCUT2D eigenvalue weighted by molar-refractivity contribution is 7.91. The summed E-state index contributed by atoms with van der Waals surface area (Å²) in [4.78, 5) is 11.6. The van der Waals surface area contributed by atoms with Gasteiger partial charge < -0.3 is 0 Å². The van der Waals surface area contributed by atoms with Crippen molar-refractivity contribution in [2.24, 2.45) is 0 Å². The van der Waals surface area contributed by atoms with E-state index in [4.69, 9.17) is 0 Å². The fraction of sp³-hybridized carbons (Fsp3) is 0.133. The molecule has 3 nitrogen and oxygen atoms in total. The monoisotopic (exact) mass is 274 g/mol. The van der Waals surface area contributed by atoms with Crippen molar-refractivity contribution in [2.75, 3.05) is 0 Å². The summed E-state index contributed by atoms with van der Waals surface area (Å²) in [5.74, 6) is -0.0840. The van der Waals surface area contributed by atoms with Crippen LogP contribution in [0.3, 0.4) is 0 Å². The quantitative estimate of drug-likeness (QED) is 0.808. The van der Waals surface area contributed by atoms with E-state index < -0.39 is 9.84 Å². The first-order valence-electron chi connectivity index (χ1n) is 5.84. The van der Waals surface area contributed by atoms with Crippen LogP contribution in [0.2, 0.25) is 0 Å². The van der Waals surface area contributed by atoms with E-state index in [1.54, 1.807) is 24.3 Å². The van der Waals surface area contributed by atoms with Gasteiger partial charge in [-0.2, -0.15) is 0 Å². The van der Waals surface area contributed by atoms with Crippen LogP contribution in [0.4, 0.5) is 0 Å². The van der Waals surface area contributed by atoms with E-state index in [0.717, 1.165) is 5.56 Å². The molecule has 19 heavy (non-hydrogen) atoms. The van der Waals surface area contributed by atoms with E-state index in [-0.39, 0.29) is 15.6 Å². The van der Waals surface area contributed by atoms with Gasteiger partial charge in [0.25, 0.3) is 0 Å². The van der Waals surface area contributed by atoms with Crippen molar-refractivity contribution >= 4 is 15.6 Å². The molecule has 0 amide bonds. The molecule has 98 valence electrons. The Morgan fingerprint density at radius 1 is 0.842 bits per heavy atom. The minimum atomic E-state index is -3.51. The van der Waals surface area contributed by atoms with Crippen molar-refractivity contribution in [1.82, 2.24) is 0 Å². The molecule has 2 aromatic rings. The Morgan fingerprint density at radius 2 is 1.26 bits per heavy atom. The molecule has 0 aliphatic carbocycles. The molecule has 0 radical (unpaired) electrons. The molecule has 0 saturated carbocycles. The van der Waals surface area contributed by atoms with Crippen molar-refractivity contribution in [1.29, 1.82) is 0 Å². The van der Waals surface area contributed by atoms with Gasteiger partial charge in [-0.1, -0.05) is 29.8 Å². The fourth-order valence-corrected chi connectivity index (χ4v) is 2.98. The van der Waals surface area contributed by atoms with Crippen LogP contribution in [-0.4, -0.2) is 14.2 Å². The van der Waals surface area contributed by atoms with E-state index in [1.807, 2.05) is 6.92 Å². The normalized spacial score (nSPS) is 11.3. The molecule has 0 heterocycles. The number of Topliss-reactive ketones (excluding diaryl/α,β-unsaturated/α-hetero) is 1. The van der Waals surface area contributed by atoms with Crippen LogP contribution >= 0.6 is 0 Å². The summed E-state index contributed by atoms with van der Waals surface area (Å²) in [5, 5.41) is 0. The number of ketones is 1. The predicted molar refractivity (Wildman–Crippen MR) is 73.1 cm³/mol. The maximum Gasteiger partial charge on any atom is 0.206 e. The van der Waals surface area contributed by atoms with Crippen molar-refractivity contribution in [2.45, 2.75) is 23.6 Å². The molecule has 0 spiro atoms. The summed E-state index contributed by atoms with van der Waals surface area (Å²) in [6, 6.07) is 12.7. The van der Waals surface area contributed by atoms with Crippen molar-refractivity contribution < 1.29 is 13.2 Å². The van der Waals surface area contributed by atoms with Crippen LogP contribution in [-0.2, 0) is 9.84 Å². The molecule has 0 unspecified atom stereocenters. The van der Waals surface area contributed by atoms with Crippen LogP contribution in [0.1, 0.15) is 22.8 Å². The van der Waals surface area contributed by atoms with Gasteiger partial charge in [-0.05, 0) is 38.1 Å². The smallest absolute Gasteiger partial charge is 0.206 e. The molecule has 0 aliphatic heterocycles. The van der Waals surface area contributed by atoms with E-state index in [2.05, 4.69) is 0 Å². The maximum atomic E-state index is 12.3. The van der Waals surface area contributed by atoms with Gasteiger partial charge in [0, 0.05) is 5.56 Å². The second-order valence-corrected chi connectivity index (χ2v) is 6.35. The van der Waals surface area contributed by atoms with Gasteiger partial charge in [-0.15, -0.1) is 0 Å². The van der Waals surface area contributed by atoms with Crippen LogP contribution in [0.5, 0.6) is 0 Å². The van der Waals surface area contributed by atoms with Gasteiger partial charge in [-0.3, -0.25) is 4.79 Å². The van der Waals surface area contributed by atoms with Gasteiger partial charge in [0.2, 0.25) is 9.84 Å². The Kier molecular flexibility index (Phi) is 3.53. The highest BCUT2D eigenvalue weighted by Crippen LogP contribution is 2.21. The van der Waals surface area contributed by atoms with Crippen molar-refractivity contribution in [3.05, 3.63) is 59.7 Å². The lowest BCUT2D eigenvalue weighted by atomic mass is 10.2. The second-order valence-electron chi connectivity index (χ2n) is 4.40. The van der Waals surface area contributed by atoms with E-state index in [9.17, 15) is 13.2 Å². The second kappa shape index (κ2) is 4.97. The maximum absolute atomic E-state index is 12.3. The summed E-state index contributed by atoms with van der Waals surface area (Å²) in [6.07, 6.45) is 0. The van der Waals surface area contributed by atoms with Crippen LogP contribution in [0.25, 0.3) is 0 Å². The van der Waals surface area contributed by atoms with Gasteiger partial charge in [-0.25, -0.2) is 8.42 Å². The standard InChI is InChI=1S/C15H14O3S/c1-11-3-7-14(8-4-11)19(17,18)15-9-5-13(6-10-15)12(2)16/h3-10H,1-2H3. The van der Waals surface area contributed by atoms with Gasteiger partial charge >= 0.3 is 0 Å². The van der Waals surface area contributed by atoms with Gasteiger partial charge in [0.15, 0.2) is 5.78 Å². The Bertz CT molecular complexity index is 696. The molecule has 4 heteroatoms. The number of rotatable bonds is 3. The molecule has 0 N–H and O–H groups in total. The van der Waals surface area contributed by atoms with E-state index >= 15 is 0 Å². The third-order valence-electron chi connectivity index (χ3n) is 2.90. The Balaban J connectivity index is 2.44. The number of carbonyl (C=O) groups excluding carboxylic acids is 1. The lowest BCUT2D eigenvalue weighted by molar-refractivity contribution is 0.101. The minimum Gasteiger partial charge on any atom is -0.295 e. The Labute approximate surface area is 112 Å². The Morgan fingerprint density at radius 3 is 1.68 bits per heavy atom. The predicted octanol–water partition coefficient (Wildman–Crippen LogP) is 3.03. The van der Waals surface area contributed by atoms with E-state index in [0.29, 0.717) is 5.56 Å². The molecule has 0 saturated heterocycles. The van der Waals surface area contributed by atoms with Gasteiger partial charge in [0.1, 0.15) is 0 Å². The summed E-state index contributed by atoms with van der Waals surface area (Å²) in [7, 11) is -3.51. The zero-order chi connectivity index (χ0) is 14.0. The molecular formula is C15H14O3S. The molecule has 0 aliphatic rings. The highest BCUT2D eigenvalue weighted by atomic mass is 32.2. The topological polar surface area (TPSA) is 51.2 Å². The van der Waals surface area contributed by atoms with E-state index in [1.165, 1.54) is 31.2 Å². The largest absolute Gasteiger partial charge is 0.295 e. The number of sulfone groups is 1. The molecule has 0 bridgehead atoms. The zero-order valence-electron chi connectivity index (χ0n) is 10.8. The van der Waals surface area contributed by atoms with Crippen molar-refractivity contribution in [3.63, 3.8) is 0 Å². The van der Waals surface area contributed by atoms with Gasteiger partial charge in [0.05, 0.1) is 9.79 Å². The third kappa shape index (κ3) is 2.74. The van der Waals surface area contributed by atoms with Crippen LogP contribution < -0.4 is 0 Å². The average molecular weight is 274 g/mol. The third-order valence-corrected chi connectivity index (χ3v) is 4.69. The number of aryl methyl sites for hydroxylation is 1. The summed E-state index contributed by atoms with van der Waals surface area (Å²) in [6.45, 7) is 3.35. The fourth-order valence-electron chi connectivity index (χ4n) is 1.72. The van der Waals surface area contributed by atoms with Crippen molar-refractivity contribution in [3.8, 4) is 0 Å². The average Bonchev–Trinajstić information content (AvgIpc) is 2.39. The lowest BCUT2D eigenvalue weighted by Gasteiger charge is -2.05. The molecule has 0 aromatic heterocycles. The number of hydrogen-bond acceptors (Lipinski definition) is 3. The minimum absolute atomic E-state index is 0.0840. The molecule has 0 atom stereocenters. The first kappa shape index (κ1) is 13.5. The zero-order valence-corrected chi connectivity index (χ0v) is 11.6. The van der Waals surface area contributed by atoms with Crippen LogP contribution in [0, 0.1) is 6.92 Å². The molecular weight excluding hydrogens is 260 g/mol. The summed E-state index contributed by atoms with van der Waals surface area (Å²) < 4.78 is 24.7. The molecule has 0 fully saturated rings. The number of hydrogen-bond donors (Lipinski definition) is 0. The summed E-state index contributed by atoms with van der Waals surface area (Å²) in [5.41, 5.74) is 1.51. The first-order chi connectivity index (χ1) is 8.91. The Hall–Kier alpha value is -1.94. The first-order valence-corrected chi connectivity index (χ1v) is 7.32. The SMILES string of the molecule is CC(=O)c1ccc(S(=O)(=O)c2ccc(C)cc2)cc1.